The molecule has 0 aliphatic rings. The Hall–Kier alpha value is -1.94. The highest BCUT2D eigenvalue weighted by Gasteiger charge is 2.30. The number of esters is 4. The van der Waals surface area contributed by atoms with Gasteiger partial charge in [0.1, 0.15) is 19.3 Å². The van der Waals surface area contributed by atoms with Gasteiger partial charge >= 0.3 is 39.5 Å². The highest BCUT2D eigenvalue weighted by molar-refractivity contribution is 7.47. The summed E-state index contributed by atoms with van der Waals surface area (Å²) in [5.74, 6) is -1.37. The van der Waals surface area contributed by atoms with Gasteiger partial charge in [-0.25, -0.2) is 9.13 Å². The van der Waals surface area contributed by atoms with E-state index in [1.54, 1.807) is 0 Å². The third-order valence-corrected chi connectivity index (χ3v) is 21.9. The lowest BCUT2D eigenvalue weighted by atomic mass is 10.0. The number of unbranched alkanes of at least 4 members (excludes halogenated alkanes) is 57. The lowest BCUT2D eigenvalue weighted by Gasteiger charge is -2.21. The lowest BCUT2D eigenvalue weighted by molar-refractivity contribution is -0.161. The Morgan fingerprint density at radius 2 is 0.442 bits per heavy atom. The minimum Gasteiger partial charge on any atom is -0.462 e. The van der Waals surface area contributed by atoms with Gasteiger partial charge in [-0.3, -0.25) is 37.3 Å². The number of hydrogen-bond acceptors (Lipinski definition) is 15. The minimum atomic E-state index is -4.96. The Labute approximate surface area is 638 Å². The van der Waals surface area contributed by atoms with E-state index in [-0.39, 0.29) is 25.7 Å². The van der Waals surface area contributed by atoms with E-state index in [1.165, 1.54) is 283 Å². The zero-order chi connectivity index (χ0) is 76.2. The summed E-state index contributed by atoms with van der Waals surface area (Å²) in [6, 6.07) is 0. The maximum atomic E-state index is 13.1. The van der Waals surface area contributed by atoms with Crippen LogP contribution < -0.4 is 0 Å². The number of carbonyl (C=O) groups is 4. The molecule has 0 aromatic heterocycles. The smallest absolute Gasteiger partial charge is 0.462 e. The number of ether oxygens (including phenoxy) is 4. The maximum absolute atomic E-state index is 13.1. The topological polar surface area (TPSA) is 237 Å². The first kappa shape index (κ1) is 102. The Balaban J connectivity index is 5.21. The summed E-state index contributed by atoms with van der Waals surface area (Å²) in [5.41, 5.74) is 0. The van der Waals surface area contributed by atoms with E-state index < -0.39 is 97.5 Å². The van der Waals surface area contributed by atoms with Crippen molar-refractivity contribution in [2.75, 3.05) is 39.6 Å². The van der Waals surface area contributed by atoms with Gasteiger partial charge < -0.3 is 33.8 Å². The van der Waals surface area contributed by atoms with Crippen LogP contribution in [0.1, 0.15) is 458 Å². The second-order valence-electron chi connectivity index (χ2n) is 31.1. The molecule has 0 rings (SSSR count). The van der Waals surface area contributed by atoms with Crippen LogP contribution in [-0.2, 0) is 65.4 Å². The van der Waals surface area contributed by atoms with E-state index in [0.29, 0.717) is 25.7 Å². The summed E-state index contributed by atoms with van der Waals surface area (Å²) < 4.78 is 68.8. The van der Waals surface area contributed by atoms with E-state index in [9.17, 15) is 43.2 Å². The van der Waals surface area contributed by atoms with E-state index in [4.69, 9.17) is 37.0 Å². The number of hydrogen-bond donors (Lipinski definition) is 3. The first-order chi connectivity index (χ1) is 50.5. The predicted octanol–water partition coefficient (Wildman–Crippen LogP) is 26.0. The van der Waals surface area contributed by atoms with Crippen LogP contribution in [0.3, 0.4) is 0 Å². The van der Waals surface area contributed by atoms with Crippen LogP contribution in [0.15, 0.2) is 0 Å². The zero-order valence-corrected chi connectivity index (χ0v) is 70.0. The molecule has 0 fully saturated rings. The van der Waals surface area contributed by atoms with Crippen molar-refractivity contribution in [2.24, 2.45) is 5.92 Å². The second kappa shape index (κ2) is 77.8. The molecular weight excluding hydrogens is 1350 g/mol. The van der Waals surface area contributed by atoms with E-state index in [0.717, 1.165) is 95.8 Å². The molecule has 0 spiro atoms. The number of phosphoric ester groups is 2. The summed E-state index contributed by atoms with van der Waals surface area (Å²) in [6.45, 7) is 7.32. The van der Waals surface area contributed by atoms with Crippen molar-refractivity contribution in [3.05, 3.63) is 0 Å². The standard InChI is InChI=1S/C85H166O17P2/c1-6-9-12-15-18-21-24-26-28-30-32-34-36-38-40-42-45-50-55-60-65-70-84(89)101-80(74-96-83(88)69-64-59-54-49-44-41-39-37-35-33-31-29-27-25-22-19-16-13-10-7-2)76-99-103(91,92)97-72-79(86)73-98-104(93,94)100-77-81(75-95-82(87)68-63-58-53-48-43-23-20-17-14-11-8-3)102-85(90)71-66-61-56-51-46-47-52-57-62-67-78(4)5/h78-81,86H,6-77H2,1-5H3,(H,91,92)(H,93,94)/t79-,80-,81-/m1/s1. The van der Waals surface area contributed by atoms with Gasteiger partial charge in [0, 0.05) is 25.7 Å². The Morgan fingerprint density at radius 1 is 0.260 bits per heavy atom. The molecule has 0 aliphatic heterocycles. The van der Waals surface area contributed by atoms with Crippen LogP contribution in [0.4, 0.5) is 0 Å². The molecule has 5 atom stereocenters. The van der Waals surface area contributed by atoms with E-state index in [1.807, 2.05) is 0 Å². The quantitative estimate of drug-likeness (QED) is 0.0222. The molecule has 0 aromatic carbocycles. The third-order valence-electron chi connectivity index (χ3n) is 20.0. The average molecular weight is 1520 g/mol. The molecule has 0 saturated heterocycles. The summed E-state index contributed by atoms with van der Waals surface area (Å²) in [6.07, 6.45) is 71.0. The van der Waals surface area contributed by atoms with E-state index >= 15 is 0 Å². The molecular formula is C85H166O17P2. The van der Waals surface area contributed by atoms with Crippen LogP contribution in [0.25, 0.3) is 0 Å². The van der Waals surface area contributed by atoms with Gasteiger partial charge in [-0.15, -0.1) is 0 Å². The summed E-state index contributed by atoms with van der Waals surface area (Å²) in [4.78, 5) is 73.1. The number of aliphatic hydroxyl groups is 1. The zero-order valence-electron chi connectivity index (χ0n) is 68.2. The molecule has 0 amide bonds. The van der Waals surface area contributed by atoms with Crippen LogP contribution in [0.2, 0.25) is 0 Å². The summed E-state index contributed by atoms with van der Waals surface area (Å²) in [7, 11) is -9.92. The van der Waals surface area contributed by atoms with Gasteiger partial charge in [0.05, 0.1) is 26.4 Å². The monoisotopic (exact) mass is 1520 g/mol. The number of carbonyl (C=O) groups excluding carboxylic acids is 4. The molecule has 0 aliphatic carbocycles. The van der Waals surface area contributed by atoms with Crippen LogP contribution in [-0.4, -0.2) is 96.7 Å². The highest BCUT2D eigenvalue weighted by Crippen LogP contribution is 2.45. The second-order valence-corrected chi connectivity index (χ2v) is 34.0. The van der Waals surface area contributed by atoms with Gasteiger partial charge in [-0.05, 0) is 31.6 Å². The van der Waals surface area contributed by atoms with Crippen molar-refractivity contribution in [2.45, 2.75) is 477 Å². The van der Waals surface area contributed by atoms with Gasteiger partial charge in [-0.1, -0.05) is 407 Å². The molecule has 104 heavy (non-hydrogen) atoms. The van der Waals surface area contributed by atoms with Gasteiger partial charge in [0.2, 0.25) is 0 Å². The Kier molecular flexibility index (Phi) is 76.3. The maximum Gasteiger partial charge on any atom is 0.472 e. The fourth-order valence-corrected chi connectivity index (χ4v) is 14.9. The average Bonchev–Trinajstić information content (AvgIpc) is 0.910. The molecule has 0 saturated carbocycles. The lowest BCUT2D eigenvalue weighted by Crippen LogP contribution is -2.30. The van der Waals surface area contributed by atoms with Crippen molar-refractivity contribution in [1.29, 1.82) is 0 Å². The van der Waals surface area contributed by atoms with Crippen molar-refractivity contribution in [3.8, 4) is 0 Å². The molecule has 0 heterocycles. The molecule has 0 aromatic rings. The van der Waals surface area contributed by atoms with Crippen LogP contribution >= 0.6 is 15.6 Å². The molecule has 0 radical (unpaired) electrons. The molecule has 3 N–H and O–H groups in total. The predicted molar refractivity (Wildman–Crippen MR) is 428 cm³/mol. The molecule has 19 heteroatoms. The van der Waals surface area contributed by atoms with Crippen LogP contribution in [0.5, 0.6) is 0 Å². The van der Waals surface area contributed by atoms with Crippen LogP contribution in [0, 0.1) is 5.92 Å². The summed E-state index contributed by atoms with van der Waals surface area (Å²) >= 11 is 0. The normalized spacial score (nSPS) is 13.8. The number of rotatable bonds is 85. The van der Waals surface area contributed by atoms with Gasteiger partial charge in [0.25, 0.3) is 0 Å². The molecule has 618 valence electrons. The Morgan fingerprint density at radius 3 is 0.654 bits per heavy atom. The molecule has 0 bridgehead atoms. The Bertz CT molecular complexity index is 1980. The van der Waals surface area contributed by atoms with Crippen molar-refractivity contribution >= 4 is 39.5 Å². The highest BCUT2D eigenvalue weighted by atomic mass is 31.2. The molecule has 17 nitrogen and oxygen atoms in total. The van der Waals surface area contributed by atoms with E-state index in [2.05, 4.69) is 34.6 Å². The van der Waals surface area contributed by atoms with Gasteiger partial charge in [-0.2, -0.15) is 0 Å². The van der Waals surface area contributed by atoms with Crippen molar-refractivity contribution in [1.82, 2.24) is 0 Å². The number of phosphoric acid groups is 2. The number of aliphatic hydroxyl groups excluding tert-OH is 1. The fourth-order valence-electron chi connectivity index (χ4n) is 13.3. The first-order valence-corrected chi connectivity index (χ1v) is 47.1. The minimum absolute atomic E-state index is 0.106. The van der Waals surface area contributed by atoms with Gasteiger partial charge in [0.15, 0.2) is 12.2 Å². The van der Waals surface area contributed by atoms with Crippen molar-refractivity contribution < 1.29 is 80.2 Å². The van der Waals surface area contributed by atoms with Crippen molar-refractivity contribution in [3.63, 3.8) is 0 Å². The SMILES string of the molecule is CCCCCCCCCCCCCCCCCCCCCCCC(=O)O[C@H](COC(=O)CCCCCCCCCCCCCCCCCCCCCC)COP(=O)(O)OC[C@@H](O)COP(=O)(O)OC[C@@H](COC(=O)CCCCCCCCCCCCC)OC(=O)CCCCCCCCCCCC(C)C. The third kappa shape index (κ3) is 78.2. The largest absolute Gasteiger partial charge is 0.472 e. The summed E-state index contributed by atoms with van der Waals surface area (Å²) in [5, 5.41) is 10.7. The fraction of sp³-hybridized carbons (Fsp3) is 0.953. The first-order valence-electron chi connectivity index (χ1n) is 44.1. The molecule has 2 unspecified atom stereocenters.